The quantitative estimate of drug-likeness (QED) is 0.807. The Kier molecular flexibility index (Phi) is 6.83. The molecule has 2 N–H and O–H groups in total. The van der Waals surface area contributed by atoms with Crippen LogP contribution in [-0.2, 0) is 6.54 Å². The molecule has 0 fully saturated rings. The van der Waals surface area contributed by atoms with Gasteiger partial charge in [-0.3, -0.25) is 0 Å². The third-order valence-corrected chi connectivity index (χ3v) is 3.48. The summed E-state index contributed by atoms with van der Waals surface area (Å²) < 4.78 is 1.07. The van der Waals surface area contributed by atoms with Gasteiger partial charge in [-0.15, -0.1) is 0 Å². The largest absolute Gasteiger partial charge is 0.392 e. The van der Waals surface area contributed by atoms with Crippen molar-refractivity contribution in [3.05, 3.63) is 28.2 Å². The second-order valence-electron chi connectivity index (χ2n) is 5.54. The van der Waals surface area contributed by atoms with Crippen LogP contribution in [0.4, 0.5) is 5.69 Å². The van der Waals surface area contributed by atoms with Crippen molar-refractivity contribution >= 4 is 21.6 Å². The van der Waals surface area contributed by atoms with Gasteiger partial charge < -0.3 is 15.3 Å². The van der Waals surface area contributed by atoms with E-state index in [2.05, 4.69) is 58.2 Å². The molecule has 0 saturated heterocycles. The summed E-state index contributed by atoms with van der Waals surface area (Å²) in [7, 11) is 1.99. The first kappa shape index (κ1) is 16.5. The molecule has 19 heavy (non-hydrogen) atoms. The Labute approximate surface area is 125 Å². The molecule has 0 heterocycles. The smallest absolute Gasteiger partial charge is 0.0686 e. The van der Waals surface area contributed by atoms with Crippen LogP contribution in [0.1, 0.15) is 26.3 Å². The molecular weight excluding hydrogens is 304 g/mol. The van der Waals surface area contributed by atoms with Crippen molar-refractivity contribution in [1.82, 2.24) is 5.32 Å². The van der Waals surface area contributed by atoms with Gasteiger partial charge in [0, 0.05) is 24.6 Å². The molecule has 1 aromatic carbocycles. The first-order valence-corrected chi connectivity index (χ1v) is 7.57. The number of halogens is 1. The van der Waals surface area contributed by atoms with Gasteiger partial charge in [0.25, 0.3) is 0 Å². The molecule has 1 atom stereocenters. The number of hydrogen-bond donors (Lipinski definition) is 2. The summed E-state index contributed by atoms with van der Waals surface area (Å²) in [6, 6.07) is 6.37. The van der Waals surface area contributed by atoms with Gasteiger partial charge in [-0.1, -0.05) is 19.9 Å². The fraction of sp³-hybridized carbons (Fsp3) is 0.600. The van der Waals surface area contributed by atoms with E-state index in [1.54, 1.807) is 6.92 Å². The van der Waals surface area contributed by atoms with Gasteiger partial charge in [0.15, 0.2) is 0 Å². The minimum atomic E-state index is -0.329. The van der Waals surface area contributed by atoms with E-state index in [9.17, 15) is 5.11 Å². The normalized spacial score (nSPS) is 12.8. The second-order valence-corrected chi connectivity index (χ2v) is 6.39. The van der Waals surface area contributed by atoms with Crippen LogP contribution >= 0.6 is 15.9 Å². The topological polar surface area (TPSA) is 35.5 Å². The molecule has 0 aliphatic rings. The number of anilines is 1. The summed E-state index contributed by atoms with van der Waals surface area (Å²) >= 11 is 3.61. The van der Waals surface area contributed by atoms with Gasteiger partial charge in [-0.2, -0.15) is 0 Å². The molecule has 0 aliphatic heterocycles. The Morgan fingerprint density at radius 1 is 1.32 bits per heavy atom. The molecule has 1 aromatic rings. The zero-order valence-electron chi connectivity index (χ0n) is 12.3. The highest BCUT2D eigenvalue weighted by Crippen LogP contribution is 2.26. The highest BCUT2D eigenvalue weighted by atomic mass is 79.9. The second kappa shape index (κ2) is 7.88. The molecule has 0 bridgehead atoms. The molecular formula is C15H25BrN2O. The highest BCUT2D eigenvalue weighted by molar-refractivity contribution is 9.10. The van der Waals surface area contributed by atoms with Crippen LogP contribution in [0.25, 0.3) is 0 Å². The summed E-state index contributed by atoms with van der Waals surface area (Å²) in [4.78, 5) is 2.06. The summed E-state index contributed by atoms with van der Waals surface area (Å²) in [6.45, 7) is 8.75. The number of hydrogen-bond acceptors (Lipinski definition) is 3. The molecule has 3 nitrogen and oxygen atoms in total. The summed E-state index contributed by atoms with van der Waals surface area (Å²) in [5.41, 5.74) is 2.37. The first-order chi connectivity index (χ1) is 8.90. The number of aliphatic hydroxyl groups is 1. The fourth-order valence-corrected chi connectivity index (χ4v) is 2.70. The van der Waals surface area contributed by atoms with Crippen molar-refractivity contribution < 1.29 is 5.11 Å². The molecule has 108 valence electrons. The van der Waals surface area contributed by atoms with Crippen LogP contribution in [0.15, 0.2) is 22.7 Å². The Balaban J connectivity index is 2.63. The molecule has 0 radical (unpaired) electrons. The lowest BCUT2D eigenvalue weighted by atomic mass is 10.1. The van der Waals surface area contributed by atoms with Crippen molar-refractivity contribution in [3.8, 4) is 0 Å². The molecule has 0 amide bonds. The fourth-order valence-electron chi connectivity index (χ4n) is 1.97. The minimum Gasteiger partial charge on any atom is -0.392 e. The predicted octanol–water partition coefficient (Wildman–Crippen LogP) is 3.01. The molecule has 0 aliphatic carbocycles. The van der Waals surface area contributed by atoms with E-state index in [4.69, 9.17) is 0 Å². The summed E-state index contributed by atoms with van der Waals surface area (Å²) in [5.74, 6) is 0.667. The van der Waals surface area contributed by atoms with Crippen molar-refractivity contribution in [3.63, 3.8) is 0 Å². The average molecular weight is 329 g/mol. The number of nitrogens with one attached hydrogen (secondary N) is 1. The van der Waals surface area contributed by atoms with Crippen molar-refractivity contribution in [1.29, 1.82) is 0 Å². The van der Waals surface area contributed by atoms with Gasteiger partial charge in [0.1, 0.15) is 0 Å². The van der Waals surface area contributed by atoms with E-state index in [1.165, 1.54) is 5.56 Å². The molecule has 0 saturated carbocycles. The maximum absolute atomic E-state index is 9.43. The van der Waals surface area contributed by atoms with Crippen LogP contribution in [0.3, 0.4) is 0 Å². The Bertz CT molecular complexity index is 394. The van der Waals surface area contributed by atoms with E-state index >= 15 is 0 Å². The zero-order valence-corrected chi connectivity index (χ0v) is 13.9. The number of rotatable bonds is 7. The SMILES string of the molecule is CC(C)CNCc1ccc(N(C)CC(C)O)c(Br)c1. The van der Waals surface area contributed by atoms with Gasteiger partial charge in [-0.25, -0.2) is 0 Å². The van der Waals surface area contributed by atoms with E-state index < -0.39 is 0 Å². The molecule has 1 unspecified atom stereocenters. The molecule has 0 spiro atoms. The standard InChI is InChI=1S/C15H25BrN2O/c1-11(2)8-17-9-13-5-6-15(14(16)7-13)18(4)10-12(3)19/h5-7,11-12,17,19H,8-10H2,1-4H3. The number of benzene rings is 1. The monoisotopic (exact) mass is 328 g/mol. The summed E-state index contributed by atoms with van der Waals surface area (Å²) in [6.07, 6.45) is -0.329. The van der Waals surface area contributed by atoms with Crippen LogP contribution < -0.4 is 10.2 Å². The van der Waals surface area contributed by atoms with Crippen LogP contribution in [-0.4, -0.2) is 31.3 Å². The number of likely N-dealkylation sites (N-methyl/N-ethyl adjacent to an activating group) is 1. The molecule has 4 heteroatoms. The Morgan fingerprint density at radius 3 is 2.53 bits per heavy atom. The predicted molar refractivity (Wildman–Crippen MR) is 85.6 cm³/mol. The van der Waals surface area contributed by atoms with E-state index in [1.807, 2.05) is 7.05 Å². The average Bonchev–Trinajstić information content (AvgIpc) is 2.27. The summed E-state index contributed by atoms with van der Waals surface area (Å²) in [5, 5.41) is 12.9. The third-order valence-electron chi connectivity index (χ3n) is 2.84. The van der Waals surface area contributed by atoms with E-state index in [0.717, 1.165) is 23.2 Å². The van der Waals surface area contributed by atoms with Crippen LogP contribution in [0.5, 0.6) is 0 Å². The lowest BCUT2D eigenvalue weighted by Crippen LogP contribution is -2.27. The number of aliphatic hydroxyl groups excluding tert-OH is 1. The Hall–Kier alpha value is -0.580. The molecule has 1 rings (SSSR count). The van der Waals surface area contributed by atoms with Gasteiger partial charge in [-0.05, 0) is 53.0 Å². The van der Waals surface area contributed by atoms with Gasteiger partial charge in [0.05, 0.1) is 11.8 Å². The molecule has 0 aromatic heterocycles. The Morgan fingerprint density at radius 2 is 2.00 bits per heavy atom. The number of nitrogens with zero attached hydrogens (tertiary/aromatic N) is 1. The van der Waals surface area contributed by atoms with Crippen LogP contribution in [0.2, 0.25) is 0 Å². The maximum Gasteiger partial charge on any atom is 0.0686 e. The lowest BCUT2D eigenvalue weighted by Gasteiger charge is -2.22. The van der Waals surface area contributed by atoms with Crippen molar-refractivity contribution in [2.45, 2.75) is 33.4 Å². The van der Waals surface area contributed by atoms with Crippen LogP contribution in [0, 0.1) is 5.92 Å². The van der Waals surface area contributed by atoms with E-state index in [-0.39, 0.29) is 6.10 Å². The first-order valence-electron chi connectivity index (χ1n) is 6.78. The zero-order chi connectivity index (χ0) is 14.4. The highest BCUT2D eigenvalue weighted by Gasteiger charge is 2.08. The maximum atomic E-state index is 9.43. The van der Waals surface area contributed by atoms with Gasteiger partial charge >= 0.3 is 0 Å². The van der Waals surface area contributed by atoms with Crippen molar-refractivity contribution in [2.75, 3.05) is 25.0 Å². The van der Waals surface area contributed by atoms with Crippen molar-refractivity contribution in [2.24, 2.45) is 5.92 Å². The van der Waals surface area contributed by atoms with Gasteiger partial charge in [0.2, 0.25) is 0 Å². The third kappa shape index (κ3) is 5.93. The minimum absolute atomic E-state index is 0.329. The van der Waals surface area contributed by atoms with E-state index in [0.29, 0.717) is 12.5 Å². The lowest BCUT2D eigenvalue weighted by molar-refractivity contribution is 0.201.